The molecule has 0 atom stereocenters. The first-order chi connectivity index (χ1) is 7.79. The SMILES string of the molecule is OC1CCCCC1.OC1CCCCC1.SS. The maximum atomic E-state index is 8.91. The van der Waals surface area contributed by atoms with Gasteiger partial charge < -0.3 is 10.2 Å². The van der Waals surface area contributed by atoms with Crippen LogP contribution in [0.15, 0.2) is 0 Å². The van der Waals surface area contributed by atoms with Crippen molar-refractivity contribution < 1.29 is 10.2 Å². The second-order valence-electron chi connectivity index (χ2n) is 4.58. The first-order valence-corrected chi connectivity index (χ1v) is 7.95. The predicted octanol–water partition coefficient (Wildman–Crippen LogP) is 3.38. The lowest BCUT2D eigenvalue weighted by Crippen LogP contribution is -2.09. The molecular weight excluding hydrogens is 240 g/mol. The molecule has 0 bridgehead atoms. The molecule has 2 fully saturated rings. The van der Waals surface area contributed by atoms with Crippen LogP contribution in [0.3, 0.4) is 0 Å². The van der Waals surface area contributed by atoms with Gasteiger partial charge in [0, 0.05) is 0 Å². The highest BCUT2D eigenvalue weighted by atomic mass is 33.1. The first-order valence-electron chi connectivity index (χ1n) is 6.35. The summed E-state index contributed by atoms with van der Waals surface area (Å²) in [6.45, 7) is 0. The molecule has 0 radical (unpaired) electrons. The normalized spacial score (nSPS) is 22.5. The predicted molar refractivity (Wildman–Crippen MR) is 76.2 cm³/mol. The van der Waals surface area contributed by atoms with Crippen LogP contribution in [0.25, 0.3) is 0 Å². The summed E-state index contributed by atoms with van der Waals surface area (Å²) in [5, 5.41) is 17.8. The van der Waals surface area contributed by atoms with Crippen LogP contribution in [-0.2, 0) is 0 Å². The van der Waals surface area contributed by atoms with Crippen LogP contribution in [0.2, 0.25) is 0 Å². The number of hydrogen-bond acceptors (Lipinski definition) is 4. The minimum atomic E-state index is 0.0359. The molecular formula is C12H26O2S2. The largest absolute Gasteiger partial charge is 0.393 e. The van der Waals surface area contributed by atoms with E-state index in [1.165, 1.54) is 38.5 Å². The van der Waals surface area contributed by atoms with Crippen molar-refractivity contribution in [2.75, 3.05) is 0 Å². The quantitative estimate of drug-likeness (QED) is 0.401. The Labute approximate surface area is 110 Å². The molecule has 16 heavy (non-hydrogen) atoms. The highest BCUT2D eigenvalue weighted by Gasteiger charge is 2.08. The fourth-order valence-electron chi connectivity index (χ4n) is 2.16. The second kappa shape index (κ2) is 12.1. The summed E-state index contributed by atoms with van der Waals surface area (Å²) in [4.78, 5) is 0. The summed E-state index contributed by atoms with van der Waals surface area (Å²) in [6, 6.07) is 0. The number of aliphatic hydroxyl groups excluding tert-OH is 2. The van der Waals surface area contributed by atoms with Crippen molar-refractivity contribution in [3.8, 4) is 0 Å². The van der Waals surface area contributed by atoms with Gasteiger partial charge in [-0.15, -0.1) is 23.3 Å². The van der Waals surface area contributed by atoms with E-state index in [9.17, 15) is 0 Å². The summed E-state index contributed by atoms with van der Waals surface area (Å²) >= 11 is 6.44. The van der Waals surface area contributed by atoms with Crippen LogP contribution in [0, 0.1) is 0 Å². The number of rotatable bonds is 0. The van der Waals surface area contributed by atoms with Crippen molar-refractivity contribution >= 4 is 23.3 Å². The van der Waals surface area contributed by atoms with Gasteiger partial charge >= 0.3 is 0 Å². The van der Waals surface area contributed by atoms with E-state index in [1.807, 2.05) is 0 Å². The molecule has 0 saturated heterocycles. The molecule has 2 N–H and O–H groups in total. The van der Waals surface area contributed by atoms with Crippen molar-refractivity contribution in [1.82, 2.24) is 0 Å². The molecule has 2 aliphatic rings. The van der Waals surface area contributed by atoms with E-state index in [0.29, 0.717) is 0 Å². The standard InChI is InChI=1S/2C6H12O.H2S2/c2*7-6-4-2-1-3-5-6;1-2/h2*6-7H,1-5H2;1-2H. The topological polar surface area (TPSA) is 40.5 Å². The molecule has 2 rings (SSSR count). The maximum Gasteiger partial charge on any atom is 0.0540 e. The number of thiol groups is 2. The van der Waals surface area contributed by atoms with Gasteiger partial charge in [0.2, 0.25) is 0 Å². The van der Waals surface area contributed by atoms with Gasteiger partial charge in [0.1, 0.15) is 0 Å². The zero-order chi connectivity index (χ0) is 12.2. The molecule has 0 spiro atoms. The Morgan fingerprint density at radius 3 is 0.938 bits per heavy atom. The van der Waals surface area contributed by atoms with Crippen molar-refractivity contribution in [2.24, 2.45) is 0 Å². The Morgan fingerprint density at radius 2 is 0.812 bits per heavy atom. The molecule has 0 aromatic heterocycles. The van der Waals surface area contributed by atoms with Gasteiger partial charge in [-0.05, 0) is 25.7 Å². The molecule has 2 nitrogen and oxygen atoms in total. The first kappa shape index (κ1) is 16.6. The van der Waals surface area contributed by atoms with Crippen molar-refractivity contribution in [3.05, 3.63) is 0 Å². The average molecular weight is 266 g/mol. The lowest BCUT2D eigenvalue weighted by Gasteiger charge is -2.14. The van der Waals surface area contributed by atoms with E-state index < -0.39 is 0 Å². The van der Waals surface area contributed by atoms with Crippen molar-refractivity contribution in [3.63, 3.8) is 0 Å². The van der Waals surface area contributed by atoms with Gasteiger partial charge in [0.25, 0.3) is 0 Å². The number of aliphatic hydroxyl groups is 2. The third-order valence-electron chi connectivity index (χ3n) is 3.15. The molecule has 0 amide bonds. The van der Waals surface area contributed by atoms with Crippen LogP contribution in [0.1, 0.15) is 64.2 Å². The van der Waals surface area contributed by atoms with Crippen LogP contribution >= 0.6 is 23.3 Å². The molecule has 0 aromatic carbocycles. The Balaban J connectivity index is 0.000000244. The third-order valence-corrected chi connectivity index (χ3v) is 3.15. The summed E-state index contributed by atoms with van der Waals surface area (Å²) in [5.74, 6) is 0. The van der Waals surface area contributed by atoms with E-state index >= 15 is 0 Å². The highest BCUT2D eigenvalue weighted by molar-refractivity contribution is 8.59. The minimum absolute atomic E-state index is 0.0359. The number of hydrogen-bond donors (Lipinski definition) is 4. The van der Waals surface area contributed by atoms with Gasteiger partial charge in [0.15, 0.2) is 0 Å². The van der Waals surface area contributed by atoms with E-state index in [1.54, 1.807) is 0 Å². The lowest BCUT2D eigenvalue weighted by molar-refractivity contribution is 0.130. The van der Waals surface area contributed by atoms with E-state index in [4.69, 9.17) is 10.2 Å². The summed E-state index contributed by atoms with van der Waals surface area (Å²) in [7, 11) is 0. The summed E-state index contributed by atoms with van der Waals surface area (Å²) in [6.07, 6.45) is 11.8. The summed E-state index contributed by atoms with van der Waals surface area (Å²) in [5.41, 5.74) is 0. The molecule has 98 valence electrons. The van der Waals surface area contributed by atoms with Gasteiger partial charge in [-0.1, -0.05) is 38.5 Å². The maximum absolute atomic E-state index is 8.91. The smallest absolute Gasteiger partial charge is 0.0540 e. The van der Waals surface area contributed by atoms with Gasteiger partial charge in [-0.25, -0.2) is 0 Å². The van der Waals surface area contributed by atoms with Crippen LogP contribution in [0.5, 0.6) is 0 Å². The third kappa shape index (κ3) is 9.82. The molecule has 4 heteroatoms. The van der Waals surface area contributed by atoms with Crippen molar-refractivity contribution in [1.29, 1.82) is 0 Å². The van der Waals surface area contributed by atoms with Gasteiger partial charge in [-0.3, -0.25) is 0 Å². The highest BCUT2D eigenvalue weighted by Crippen LogP contribution is 2.16. The van der Waals surface area contributed by atoms with E-state index in [-0.39, 0.29) is 12.2 Å². The Hall–Kier alpha value is 0.620. The average Bonchev–Trinajstić information content (AvgIpc) is 2.34. The van der Waals surface area contributed by atoms with E-state index in [0.717, 1.165) is 25.7 Å². The van der Waals surface area contributed by atoms with Crippen LogP contribution in [-0.4, -0.2) is 22.4 Å². The molecule has 0 aliphatic heterocycles. The Morgan fingerprint density at radius 1 is 0.562 bits per heavy atom. The summed E-state index contributed by atoms with van der Waals surface area (Å²) < 4.78 is 0. The molecule has 0 heterocycles. The Bertz CT molecular complexity index is 117. The zero-order valence-electron chi connectivity index (χ0n) is 10.0. The van der Waals surface area contributed by atoms with Crippen LogP contribution < -0.4 is 0 Å². The van der Waals surface area contributed by atoms with Crippen LogP contribution in [0.4, 0.5) is 0 Å². The molecule has 2 aliphatic carbocycles. The van der Waals surface area contributed by atoms with Gasteiger partial charge in [0.05, 0.1) is 12.2 Å². The van der Waals surface area contributed by atoms with E-state index in [2.05, 4.69) is 23.3 Å². The lowest BCUT2D eigenvalue weighted by atomic mass is 9.98. The van der Waals surface area contributed by atoms with Gasteiger partial charge in [-0.2, -0.15) is 0 Å². The Kier molecular flexibility index (Phi) is 12.6. The second-order valence-corrected chi connectivity index (χ2v) is 4.58. The monoisotopic (exact) mass is 266 g/mol. The zero-order valence-corrected chi connectivity index (χ0v) is 11.8. The molecule has 0 aromatic rings. The molecule has 2 saturated carbocycles. The van der Waals surface area contributed by atoms with Crippen molar-refractivity contribution in [2.45, 2.75) is 76.4 Å². The fourth-order valence-corrected chi connectivity index (χ4v) is 2.16. The fraction of sp³-hybridized carbons (Fsp3) is 1.00. The molecule has 0 unspecified atom stereocenters. The minimum Gasteiger partial charge on any atom is -0.393 e.